The lowest BCUT2D eigenvalue weighted by molar-refractivity contribution is -0.116. The molecule has 1 N–H and O–H groups in total. The molecule has 11 heteroatoms. The molecule has 0 bridgehead atoms. The first-order valence-corrected chi connectivity index (χ1v) is 10.7. The van der Waals surface area contributed by atoms with Crippen LogP contribution in [0.25, 0.3) is 0 Å². The lowest BCUT2D eigenvalue weighted by Crippen LogP contribution is -2.34. The SMILES string of the molecule is CC(C)Sc1nnc(NC(=O)CN(C)S(=O)(=O)c2ccc(Cl)cc2)s1. The van der Waals surface area contributed by atoms with Crippen molar-refractivity contribution in [1.82, 2.24) is 14.5 Å². The van der Waals surface area contributed by atoms with Gasteiger partial charge in [0.15, 0.2) is 4.34 Å². The monoisotopic (exact) mass is 420 g/mol. The number of carbonyl (C=O) groups excluding carboxylic acids is 1. The van der Waals surface area contributed by atoms with Crippen molar-refractivity contribution in [3.05, 3.63) is 29.3 Å². The van der Waals surface area contributed by atoms with Crippen LogP contribution in [0.1, 0.15) is 13.8 Å². The topological polar surface area (TPSA) is 92.3 Å². The van der Waals surface area contributed by atoms with Crippen molar-refractivity contribution in [2.24, 2.45) is 0 Å². The van der Waals surface area contributed by atoms with Crippen LogP contribution in [0.4, 0.5) is 5.13 Å². The molecule has 0 aliphatic rings. The maximum atomic E-state index is 12.4. The Bertz CT molecular complexity index is 837. The predicted molar refractivity (Wildman–Crippen MR) is 101 cm³/mol. The van der Waals surface area contributed by atoms with Gasteiger partial charge in [-0.05, 0) is 24.3 Å². The summed E-state index contributed by atoms with van der Waals surface area (Å²) in [7, 11) is -2.44. The first kappa shape index (κ1) is 20.1. The van der Waals surface area contributed by atoms with Crippen molar-refractivity contribution in [2.75, 3.05) is 18.9 Å². The summed E-state index contributed by atoms with van der Waals surface area (Å²) in [5.74, 6) is -0.489. The number of thioether (sulfide) groups is 1. The summed E-state index contributed by atoms with van der Waals surface area (Å²) < 4.78 is 26.6. The molecular formula is C14H17ClN4O3S3. The number of hydrogen-bond donors (Lipinski definition) is 1. The average molecular weight is 421 g/mol. The van der Waals surface area contributed by atoms with Gasteiger partial charge in [-0.3, -0.25) is 10.1 Å². The van der Waals surface area contributed by atoms with Crippen molar-refractivity contribution < 1.29 is 13.2 Å². The van der Waals surface area contributed by atoms with E-state index in [1.807, 2.05) is 13.8 Å². The van der Waals surface area contributed by atoms with E-state index >= 15 is 0 Å². The second-order valence-corrected chi connectivity index (χ2v) is 10.6. The van der Waals surface area contributed by atoms with Gasteiger partial charge in [0.25, 0.3) is 0 Å². The molecule has 0 atom stereocenters. The zero-order valence-electron chi connectivity index (χ0n) is 13.8. The van der Waals surface area contributed by atoms with Gasteiger partial charge in [-0.25, -0.2) is 8.42 Å². The third-order valence-electron chi connectivity index (χ3n) is 2.88. The number of aromatic nitrogens is 2. The van der Waals surface area contributed by atoms with Crippen LogP contribution in [0.3, 0.4) is 0 Å². The number of benzene rings is 1. The molecule has 0 saturated heterocycles. The van der Waals surface area contributed by atoms with E-state index in [1.165, 1.54) is 54.4 Å². The fourth-order valence-electron chi connectivity index (χ4n) is 1.74. The maximum absolute atomic E-state index is 12.4. The fraction of sp³-hybridized carbons (Fsp3) is 0.357. The summed E-state index contributed by atoms with van der Waals surface area (Å²) in [4.78, 5) is 12.1. The maximum Gasteiger partial charge on any atom is 0.243 e. The van der Waals surface area contributed by atoms with Crippen molar-refractivity contribution in [2.45, 2.75) is 28.3 Å². The molecule has 0 saturated carbocycles. The van der Waals surface area contributed by atoms with Crippen LogP contribution < -0.4 is 5.32 Å². The molecule has 1 aromatic carbocycles. The van der Waals surface area contributed by atoms with Gasteiger partial charge in [0.2, 0.25) is 21.1 Å². The van der Waals surface area contributed by atoms with Crippen LogP contribution in [0.5, 0.6) is 0 Å². The van der Waals surface area contributed by atoms with Gasteiger partial charge in [0, 0.05) is 17.3 Å². The highest BCUT2D eigenvalue weighted by molar-refractivity contribution is 8.01. The number of nitrogens with one attached hydrogen (secondary N) is 1. The van der Waals surface area contributed by atoms with E-state index in [9.17, 15) is 13.2 Å². The van der Waals surface area contributed by atoms with E-state index < -0.39 is 15.9 Å². The van der Waals surface area contributed by atoms with Crippen LogP contribution >= 0.6 is 34.7 Å². The van der Waals surface area contributed by atoms with Crippen LogP contribution in [0.15, 0.2) is 33.5 Å². The number of anilines is 1. The summed E-state index contributed by atoms with van der Waals surface area (Å²) in [5, 5.41) is 11.5. The molecule has 1 heterocycles. The first-order chi connectivity index (χ1) is 11.7. The number of halogens is 1. The van der Waals surface area contributed by atoms with Gasteiger partial charge in [-0.2, -0.15) is 4.31 Å². The summed E-state index contributed by atoms with van der Waals surface area (Å²) >= 11 is 8.55. The number of rotatable bonds is 7. The Morgan fingerprint density at radius 1 is 1.32 bits per heavy atom. The summed E-state index contributed by atoms with van der Waals surface area (Å²) in [5.41, 5.74) is 0. The Hall–Kier alpha value is -1.20. The molecule has 2 aromatic rings. The number of sulfonamides is 1. The molecule has 25 heavy (non-hydrogen) atoms. The van der Waals surface area contributed by atoms with Crippen LogP contribution in [0, 0.1) is 0 Å². The quantitative estimate of drug-likeness (QED) is 0.546. The highest BCUT2D eigenvalue weighted by Gasteiger charge is 2.23. The highest BCUT2D eigenvalue weighted by Crippen LogP contribution is 2.28. The van der Waals surface area contributed by atoms with Gasteiger partial charge < -0.3 is 0 Å². The van der Waals surface area contributed by atoms with Crippen molar-refractivity contribution in [3.63, 3.8) is 0 Å². The van der Waals surface area contributed by atoms with E-state index in [2.05, 4.69) is 15.5 Å². The number of amides is 1. The summed E-state index contributed by atoms with van der Waals surface area (Å²) in [6.07, 6.45) is 0. The highest BCUT2D eigenvalue weighted by atomic mass is 35.5. The molecule has 136 valence electrons. The third-order valence-corrected chi connectivity index (χ3v) is 6.87. The van der Waals surface area contributed by atoms with Crippen LogP contribution in [-0.2, 0) is 14.8 Å². The fourth-order valence-corrected chi connectivity index (χ4v) is 4.99. The van der Waals surface area contributed by atoms with Gasteiger partial charge in [0.1, 0.15) is 0 Å². The van der Waals surface area contributed by atoms with E-state index in [1.54, 1.807) is 0 Å². The largest absolute Gasteiger partial charge is 0.299 e. The van der Waals surface area contributed by atoms with Gasteiger partial charge in [-0.15, -0.1) is 10.2 Å². The van der Waals surface area contributed by atoms with Gasteiger partial charge in [0.05, 0.1) is 11.4 Å². The molecule has 0 spiro atoms. The minimum atomic E-state index is -3.78. The number of likely N-dealkylation sites (N-methyl/N-ethyl adjacent to an activating group) is 1. The number of nitrogens with zero attached hydrogens (tertiary/aromatic N) is 3. The van der Waals surface area contributed by atoms with Crippen molar-refractivity contribution in [1.29, 1.82) is 0 Å². The zero-order valence-corrected chi connectivity index (χ0v) is 17.0. The Balaban J connectivity index is 1.99. The Morgan fingerprint density at radius 2 is 1.96 bits per heavy atom. The standard InChI is InChI=1S/C14H17ClN4O3S3/c1-9(2)23-14-18-17-13(24-14)16-12(20)8-19(3)25(21,22)11-6-4-10(15)5-7-11/h4-7,9H,8H2,1-3H3,(H,16,17,20). The van der Waals surface area contributed by atoms with E-state index in [0.29, 0.717) is 15.4 Å². The molecule has 0 fully saturated rings. The molecule has 0 unspecified atom stereocenters. The molecule has 2 rings (SSSR count). The molecule has 1 amide bonds. The van der Waals surface area contributed by atoms with E-state index in [-0.39, 0.29) is 11.4 Å². The summed E-state index contributed by atoms with van der Waals surface area (Å²) in [6, 6.07) is 5.76. The van der Waals surface area contributed by atoms with Crippen molar-refractivity contribution >= 4 is 55.8 Å². The molecule has 7 nitrogen and oxygen atoms in total. The second kappa shape index (κ2) is 8.45. The third kappa shape index (κ3) is 5.65. The number of carbonyl (C=O) groups is 1. The average Bonchev–Trinajstić information content (AvgIpc) is 2.93. The summed E-state index contributed by atoms with van der Waals surface area (Å²) in [6.45, 7) is 3.72. The molecular weight excluding hydrogens is 404 g/mol. The van der Waals surface area contributed by atoms with Gasteiger partial charge in [-0.1, -0.05) is 48.5 Å². The first-order valence-electron chi connectivity index (χ1n) is 7.20. The molecule has 1 aromatic heterocycles. The van der Waals surface area contributed by atoms with Crippen molar-refractivity contribution in [3.8, 4) is 0 Å². The Labute approximate surface area is 159 Å². The van der Waals surface area contributed by atoms with E-state index in [0.717, 1.165) is 8.64 Å². The molecule has 0 aliphatic carbocycles. The minimum absolute atomic E-state index is 0.0683. The smallest absolute Gasteiger partial charge is 0.243 e. The normalized spacial score (nSPS) is 11.9. The Kier molecular flexibility index (Phi) is 6.80. The lowest BCUT2D eigenvalue weighted by atomic mass is 10.4. The second-order valence-electron chi connectivity index (χ2n) is 5.30. The van der Waals surface area contributed by atoms with Crippen LogP contribution in [0.2, 0.25) is 5.02 Å². The predicted octanol–water partition coefficient (Wildman–Crippen LogP) is 2.95. The molecule has 0 aliphatic heterocycles. The van der Waals surface area contributed by atoms with E-state index in [4.69, 9.17) is 11.6 Å². The van der Waals surface area contributed by atoms with Gasteiger partial charge >= 0.3 is 0 Å². The number of hydrogen-bond acceptors (Lipinski definition) is 7. The lowest BCUT2D eigenvalue weighted by Gasteiger charge is -2.16. The molecule has 0 radical (unpaired) electrons. The van der Waals surface area contributed by atoms with Crippen LogP contribution in [-0.4, -0.2) is 47.7 Å². The Morgan fingerprint density at radius 3 is 2.56 bits per heavy atom. The zero-order chi connectivity index (χ0) is 18.6. The minimum Gasteiger partial charge on any atom is -0.299 e.